The Morgan fingerprint density at radius 2 is 1.89 bits per heavy atom. The number of H-pyrrole nitrogens is 1. The second-order valence-electron chi connectivity index (χ2n) is 8.69. The van der Waals surface area contributed by atoms with Gasteiger partial charge in [0.05, 0.1) is 12.1 Å². The molecule has 0 aliphatic carbocycles. The van der Waals surface area contributed by atoms with E-state index >= 15 is 0 Å². The van der Waals surface area contributed by atoms with Crippen molar-refractivity contribution in [2.24, 2.45) is 0 Å². The molecule has 0 unspecified atom stereocenters. The molecule has 5 rings (SSSR count). The molecule has 3 aromatic heterocycles. The number of aromatic nitrogens is 5. The molecule has 8 nitrogen and oxygen atoms in total. The number of aromatic amines is 1. The van der Waals surface area contributed by atoms with Crippen LogP contribution in [0.5, 0.6) is 5.75 Å². The maximum absolute atomic E-state index is 12.1. The van der Waals surface area contributed by atoms with Gasteiger partial charge in [0, 0.05) is 27.7 Å². The molecule has 0 aliphatic heterocycles. The molecule has 0 bridgehead atoms. The lowest BCUT2D eigenvalue weighted by molar-refractivity contribution is 0.0690. The van der Waals surface area contributed by atoms with Crippen LogP contribution in [0.4, 0.5) is 0 Å². The SMILES string of the molecule is Cc1cc2nnnn2cc1-c1cccc2c(CCCOc3cc(C)c(Cl)c(C)c3)c(C(=O)O)[nH]c12. The first-order valence-electron chi connectivity index (χ1n) is 11.3. The summed E-state index contributed by atoms with van der Waals surface area (Å²) in [6, 6.07) is 11.6. The Morgan fingerprint density at radius 3 is 2.63 bits per heavy atom. The number of aromatic carboxylic acids is 1. The first-order valence-corrected chi connectivity index (χ1v) is 11.7. The number of halogens is 1. The van der Waals surface area contributed by atoms with E-state index in [1.54, 1.807) is 4.52 Å². The van der Waals surface area contributed by atoms with Crippen LogP contribution in [0.25, 0.3) is 27.7 Å². The van der Waals surface area contributed by atoms with E-state index < -0.39 is 5.97 Å². The molecule has 0 radical (unpaired) electrons. The Kier molecular flexibility index (Phi) is 5.90. The number of hydrogen-bond acceptors (Lipinski definition) is 5. The van der Waals surface area contributed by atoms with Crippen LogP contribution in [0.3, 0.4) is 0 Å². The van der Waals surface area contributed by atoms with Crippen molar-refractivity contribution >= 4 is 34.1 Å². The van der Waals surface area contributed by atoms with Crippen LogP contribution < -0.4 is 4.74 Å². The van der Waals surface area contributed by atoms with E-state index in [1.807, 2.05) is 63.4 Å². The molecule has 178 valence electrons. The molecular formula is C26H24ClN5O3. The number of nitrogens with zero attached hydrogens (tertiary/aromatic N) is 4. The van der Waals surface area contributed by atoms with E-state index in [9.17, 15) is 9.90 Å². The van der Waals surface area contributed by atoms with Crippen molar-refractivity contribution < 1.29 is 14.6 Å². The van der Waals surface area contributed by atoms with Gasteiger partial charge in [0.2, 0.25) is 0 Å². The van der Waals surface area contributed by atoms with Gasteiger partial charge < -0.3 is 14.8 Å². The normalized spacial score (nSPS) is 11.4. The third kappa shape index (κ3) is 4.21. The van der Waals surface area contributed by atoms with Crippen LogP contribution in [0.15, 0.2) is 42.6 Å². The fourth-order valence-electron chi connectivity index (χ4n) is 4.53. The molecule has 3 heterocycles. The molecule has 2 N–H and O–H groups in total. The lowest BCUT2D eigenvalue weighted by Gasteiger charge is -2.10. The van der Waals surface area contributed by atoms with Crippen molar-refractivity contribution in [3.8, 4) is 16.9 Å². The second kappa shape index (κ2) is 9.03. The fourth-order valence-corrected chi connectivity index (χ4v) is 4.64. The monoisotopic (exact) mass is 489 g/mol. The third-order valence-electron chi connectivity index (χ3n) is 6.24. The van der Waals surface area contributed by atoms with Gasteiger partial charge in [-0.2, -0.15) is 0 Å². The van der Waals surface area contributed by atoms with Crippen molar-refractivity contribution in [3.63, 3.8) is 0 Å². The Hall–Kier alpha value is -3.91. The number of benzene rings is 2. The summed E-state index contributed by atoms with van der Waals surface area (Å²) in [4.78, 5) is 15.3. The molecule has 0 aliphatic rings. The minimum Gasteiger partial charge on any atom is -0.494 e. The highest BCUT2D eigenvalue weighted by Gasteiger charge is 2.20. The number of pyridine rings is 1. The Bertz CT molecular complexity index is 1560. The number of nitrogens with one attached hydrogen (secondary N) is 1. The molecule has 5 aromatic rings. The van der Waals surface area contributed by atoms with E-state index in [-0.39, 0.29) is 5.69 Å². The number of tetrazole rings is 1. The zero-order valence-corrected chi connectivity index (χ0v) is 20.3. The predicted octanol–water partition coefficient (Wildman–Crippen LogP) is 5.56. The minimum absolute atomic E-state index is 0.201. The van der Waals surface area contributed by atoms with Crippen LogP contribution in [0, 0.1) is 20.8 Å². The maximum atomic E-state index is 12.1. The average Bonchev–Trinajstić information content (AvgIpc) is 3.43. The first kappa shape index (κ1) is 22.9. The molecular weight excluding hydrogens is 466 g/mol. The molecule has 2 aromatic carbocycles. The van der Waals surface area contributed by atoms with Crippen LogP contribution >= 0.6 is 11.6 Å². The molecule has 0 atom stereocenters. The van der Waals surface area contributed by atoms with Crippen LogP contribution in [-0.2, 0) is 6.42 Å². The summed E-state index contributed by atoms with van der Waals surface area (Å²) in [7, 11) is 0. The molecule has 0 saturated heterocycles. The van der Waals surface area contributed by atoms with Crippen molar-refractivity contribution in [2.45, 2.75) is 33.6 Å². The largest absolute Gasteiger partial charge is 0.494 e. The summed E-state index contributed by atoms with van der Waals surface area (Å²) in [5, 5.41) is 23.2. The minimum atomic E-state index is -0.986. The number of rotatable bonds is 7. The average molecular weight is 490 g/mol. The number of carboxylic acids is 1. The van der Waals surface area contributed by atoms with Crippen molar-refractivity contribution in [3.05, 3.63) is 75.6 Å². The highest BCUT2D eigenvalue weighted by atomic mass is 35.5. The molecule has 0 spiro atoms. The number of carbonyl (C=O) groups is 1. The summed E-state index contributed by atoms with van der Waals surface area (Å²) >= 11 is 6.25. The number of aryl methyl sites for hydroxylation is 4. The second-order valence-corrected chi connectivity index (χ2v) is 9.06. The summed E-state index contributed by atoms with van der Waals surface area (Å²) in [5.41, 5.74) is 7.15. The van der Waals surface area contributed by atoms with Gasteiger partial charge in [-0.1, -0.05) is 29.8 Å². The third-order valence-corrected chi connectivity index (χ3v) is 6.83. The van der Waals surface area contributed by atoms with E-state index in [0.29, 0.717) is 25.1 Å². The summed E-state index contributed by atoms with van der Waals surface area (Å²) in [6.07, 6.45) is 3.08. The van der Waals surface area contributed by atoms with Crippen LogP contribution in [0.2, 0.25) is 5.02 Å². The summed E-state index contributed by atoms with van der Waals surface area (Å²) in [6.45, 7) is 6.34. The van der Waals surface area contributed by atoms with Crippen molar-refractivity contribution in [1.29, 1.82) is 0 Å². The number of fused-ring (bicyclic) bond motifs is 2. The Morgan fingerprint density at radius 1 is 1.11 bits per heavy atom. The highest BCUT2D eigenvalue weighted by molar-refractivity contribution is 6.32. The van der Waals surface area contributed by atoms with E-state index in [1.165, 1.54) is 0 Å². The van der Waals surface area contributed by atoms with Gasteiger partial charge in [0.25, 0.3) is 0 Å². The first-order chi connectivity index (χ1) is 16.8. The number of ether oxygens (including phenoxy) is 1. The van der Waals surface area contributed by atoms with Crippen LogP contribution in [0.1, 0.15) is 39.2 Å². The highest BCUT2D eigenvalue weighted by Crippen LogP contribution is 2.34. The van der Waals surface area contributed by atoms with Gasteiger partial charge >= 0.3 is 5.97 Å². The van der Waals surface area contributed by atoms with Gasteiger partial charge in [0.15, 0.2) is 5.65 Å². The number of hydrogen-bond donors (Lipinski definition) is 2. The van der Waals surface area contributed by atoms with Crippen LogP contribution in [-0.4, -0.2) is 42.7 Å². The van der Waals surface area contributed by atoms with Gasteiger partial charge in [-0.15, -0.1) is 5.10 Å². The zero-order valence-electron chi connectivity index (χ0n) is 19.6. The standard InChI is InChI=1S/C26H24ClN5O3/c1-14-12-22-29-30-31-32(22)13-21(14)20-7-4-6-18-19(25(26(33)34)28-24(18)20)8-5-9-35-17-10-15(2)23(27)16(3)11-17/h4,6-7,10-13,28H,5,8-9H2,1-3H3,(H,33,34). The van der Waals surface area contributed by atoms with E-state index in [2.05, 4.69) is 20.5 Å². The van der Waals surface area contributed by atoms with Crippen molar-refractivity contribution in [1.82, 2.24) is 25.0 Å². The van der Waals surface area contributed by atoms with Crippen molar-refractivity contribution in [2.75, 3.05) is 6.61 Å². The fraction of sp³-hybridized carbons (Fsp3) is 0.231. The summed E-state index contributed by atoms with van der Waals surface area (Å²) in [5.74, 6) is -0.225. The maximum Gasteiger partial charge on any atom is 0.352 e. The van der Waals surface area contributed by atoms with Gasteiger partial charge in [-0.3, -0.25) is 0 Å². The smallest absolute Gasteiger partial charge is 0.352 e. The molecule has 0 amide bonds. The predicted molar refractivity (Wildman–Crippen MR) is 135 cm³/mol. The zero-order chi connectivity index (χ0) is 24.7. The Labute approximate surface area is 206 Å². The lowest BCUT2D eigenvalue weighted by atomic mass is 9.98. The number of carboxylic acid groups (broad SMARTS) is 1. The van der Waals surface area contributed by atoms with Gasteiger partial charge in [0.1, 0.15) is 11.4 Å². The lowest BCUT2D eigenvalue weighted by Crippen LogP contribution is -2.04. The number of para-hydroxylation sites is 1. The quantitative estimate of drug-likeness (QED) is 0.290. The Balaban J connectivity index is 1.45. The van der Waals surface area contributed by atoms with E-state index in [4.69, 9.17) is 16.3 Å². The van der Waals surface area contributed by atoms with Gasteiger partial charge in [-0.05, 0) is 84.5 Å². The topological polar surface area (TPSA) is 105 Å². The molecule has 0 fully saturated rings. The molecule has 9 heteroatoms. The molecule has 35 heavy (non-hydrogen) atoms. The summed E-state index contributed by atoms with van der Waals surface area (Å²) < 4.78 is 7.55. The van der Waals surface area contributed by atoms with E-state index in [0.717, 1.165) is 55.1 Å². The van der Waals surface area contributed by atoms with Gasteiger partial charge in [-0.25, -0.2) is 9.31 Å². The molecule has 0 saturated carbocycles.